The Labute approximate surface area is 172 Å². The average Bonchev–Trinajstić information content (AvgIpc) is 2.77. The van der Waals surface area contributed by atoms with Crippen LogP contribution in [0.4, 0.5) is 17.1 Å². The molecule has 1 aromatic heterocycles. The summed E-state index contributed by atoms with van der Waals surface area (Å²) in [6.45, 7) is 1.65. The minimum Gasteiger partial charge on any atom is -0.324 e. The number of rotatable bonds is 5. The average molecular weight is 397 g/mol. The van der Waals surface area contributed by atoms with Crippen molar-refractivity contribution >= 4 is 33.7 Å². The van der Waals surface area contributed by atoms with Crippen LogP contribution in [0.3, 0.4) is 0 Å². The largest absolute Gasteiger partial charge is 0.324 e. The van der Waals surface area contributed by atoms with Crippen LogP contribution in [0.15, 0.2) is 93.9 Å². The molecule has 7 nitrogen and oxygen atoms in total. The fourth-order valence-electron chi connectivity index (χ4n) is 3.07. The van der Waals surface area contributed by atoms with Gasteiger partial charge in [-0.25, -0.2) is 4.68 Å². The molecular weight excluding hydrogens is 378 g/mol. The zero-order valence-electron chi connectivity index (χ0n) is 16.3. The van der Waals surface area contributed by atoms with E-state index in [1.807, 2.05) is 49.4 Å². The number of aromatic nitrogens is 2. The van der Waals surface area contributed by atoms with Crippen molar-refractivity contribution in [1.82, 2.24) is 9.78 Å². The van der Waals surface area contributed by atoms with Gasteiger partial charge in [-0.2, -0.15) is 15.3 Å². The van der Waals surface area contributed by atoms with Crippen LogP contribution < -0.4 is 10.9 Å². The van der Waals surface area contributed by atoms with Gasteiger partial charge in [-0.3, -0.25) is 9.59 Å². The van der Waals surface area contributed by atoms with E-state index >= 15 is 0 Å². The van der Waals surface area contributed by atoms with Gasteiger partial charge in [0.05, 0.1) is 22.5 Å². The summed E-state index contributed by atoms with van der Waals surface area (Å²) in [4.78, 5) is 25.0. The van der Waals surface area contributed by atoms with E-state index in [0.717, 1.165) is 11.1 Å². The Balaban J connectivity index is 1.44. The first-order chi connectivity index (χ1) is 14.6. The number of hydrogen-bond acceptors (Lipinski definition) is 5. The summed E-state index contributed by atoms with van der Waals surface area (Å²) in [7, 11) is 0. The zero-order valence-corrected chi connectivity index (χ0v) is 16.3. The van der Waals surface area contributed by atoms with Gasteiger partial charge in [0.15, 0.2) is 0 Å². The summed E-state index contributed by atoms with van der Waals surface area (Å²) in [5, 5.41) is 16.7. The van der Waals surface area contributed by atoms with Crippen LogP contribution in [-0.2, 0) is 11.3 Å². The minimum atomic E-state index is -0.335. The summed E-state index contributed by atoms with van der Waals surface area (Å²) < 4.78 is 1.19. The molecule has 0 unspecified atom stereocenters. The van der Waals surface area contributed by atoms with Gasteiger partial charge < -0.3 is 5.32 Å². The molecule has 0 saturated heterocycles. The highest BCUT2D eigenvalue weighted by Crippen LogP contribution is 2.20. The van der Waals surface area contributed by atoms with Crippen molar-refractivity contribution in [2.75, 3.05) is 5.32 Å². The lowest BCUT2D eigenvalue weighted by Gasteiger charge is -2.09. The second-order valence-corrected chi connectivity index (χ2v) is 6.72. The molecule has 0 spiro atoms. The maximum Gasteiger partial charge on any atom is 0.275 e. The van der Waals surface area contributed by atoms with E-state index in [-0.39, 0.29) is 18.0 Å². The Morgan fingerprint density at radius 1 is 0.867 bits per heavy atom. The molecule has 1 N–H and O–H groups in total. The summed E-state index contributed by atoms with van der Waals surface area (Å²) in [5.41, 5.74) is 2.44. The number of fused-ring (bicyclic) bond motifs is 1. The van der Waals surface area contributed by atoms with E-state index in [9.17, 15) is 9.59 Å². The number of nitrogens with one attached hydrogen (secondary N) is 1. The predicted molar refractivity (Wildman–Crippen MR) is 116 cm³/mol. The first-order valence-electron chi connectivity index (χ1n) is 9.43. The fourth-order valence-corrected chi connectivity index (χ4v) is 3.07. The summed E-state index contributed by atoms with van der Waals surface area (Å²) in [6, 6.07) is 23.7. The Hall–Kier alpha value is -4.13. The Morgan fingerprint density at radius 3 is 2.17 bits per heavy atom. The molecule has 4 rings (SSSR count). The number of aryl methyl sites for hydroxylation is 1. The maximum absolute atomic E-state index is 12.6. The smallest absolute Gasteiger partial charge is 0.275 e. The summed E-state index contributed by atoms with van der Waals surface area (Å²) in [5.74, 6) is -0.335. The van der Waals surface area contributed by atoms with Gasteiger partial charge >= 0.3 is 0 Å². The number of benzene rings is 3. The molecule has 0 aliphatic heterocycles. The van der Waals surface area contributed by atoms with Crippen LogP contribution in [0.1, 0.15) is 5.69 Å². The van der Waals surface area contributed by atoms with E-state index in [1.54, 1.807) is 36.4 Å². The van der Waals surface area contributed by atoms with Crippen molar-refractivity contribution in [1.29, 1.82) is 0 Å². The number of amides is 1. The number of carbonyl (C=O) groups is 1. The van der Waals surface area contributed by atoms with Gasteiger partial charge in [0.1, 0.15) is 6.54 Å². The maximum atomic E-state index is 12.6. The molecule has 1 heterocycles. The number of nitrogens with zero attached hydrogens (tertiary/aromatic N) is 4. The van der Waals surface area contributed by atoms with Crippen molar-refractivity contribution in [3.63, 3.8) is 0 Å². The number of azo groups is 1. The lowest BCUT2D eigenvalue weighted by Crippen LogP contribution is -2.30. The van der Waals surface area contributed by atoms with E-state index in [4.69, 9.17) is 0 Å². The molecule has 0 saturated carbocycles. The second-order valence-electron chi connectivity index (χ2n) is 6.72. The van der Waals surface area contributed by atoms with E-state index < -0.39 is 0 Å². The van der Waals surface area contributed by atoms with Crippen LogP contribution in [0.25, 0.3) is 10.8 Å². The molecule has 0 aliphatic carbocycles. The third kappa shape index (κ3) is 4.30. The molecule has 30 heavy (non-hydrogen) atoms. The standard InChI is InChI=1S/C23H19N5O2/c1-16-20-9-5-6-10-21(20)23(30)28(27-16)15-22(29)24-17-11-13-19(14-12-17)26-25-18-7-3-2-4-8-18/h2-14H,15H2,1H3,(H,24,29). The normalized spacial score (nSPS) is 11.1. The number of hydrogen-bond donors (Lipinski definition) is 1. The van der Waals surface area contributed by atoms with Crippen LogP contribution in [-0.4, -0.2) is 15.7 Å². The molecule has 4 aromatic rings. The molecular formula is C23H19N5O2. The van der Waals surface area contributed by atoms with E-state index in [1.165, 1.54) is 4.68 Å². The molecule has 3 aromatic carbocycles. The fraction of sp³-hybridized carbons (Fsp3) is 0.0870. The van der Waals surface area contributed by atoms with Gasteiger partial charge in [0.2, 0.25) is 5.91 Å². The summed E-state index contributed by atoms with van der Waals surface area (Å²) in [6.07, 6.45) is 0. The summed E-state index contributed by atoms with van der Waals surface area (Å²) >= 11 is 0. The molecule has 1 amide bonds. The molecule has 0 bridgehead atoms. The van der Waals surface area contributed by atoms with Crippen molar-refractivity contribution in [2.45, 2.75) is 13.5 Å². The SMILES string of the molecule is Cc1nn(CC(=O)Nc2ccc(N=Nc3ccccc3)cc2)c(=O)c2ccccc12. The Bertz CT molecular complexity index is 1280. The van der Waals surface area contributed by atoms with Crippen molar-refractivity contribution < 1.29 is 4.79 Å². The molecule has 0 atom stereocenters. The first-order valence-corrected chi connectivity index (χ1v) is 9.43. The zero-order chi connectivity index (χ0) is 20.9. The van der Waals surface area contributed by atoms with E-state index in [2.05, 4.69) is 20.6 Å². The third-order valence-corrected chi connectivity index (χ3v) is 4.53. The predicted octanol–water partition coefficient (Wildman–Crippen LogP) is 4.76. The third-order valence-electron chi connectivity index (χ3n) is 4.53. The van der Waals surface area contributed by atoms with Crippen LogP contribution in [0.5, 0.6) is 0 Å². The minimum absolute atomic E-state index is 0.167. The van der Waals surface area contributed by atoms with Gasteiger partial charge in [-0.15, -0.1) is 0 Å². The Kier molecular flexibility index (Phi) is 5.43. The van der Waals surface area contributed by atoms with Crippen LogP contribution >= 0.6 is 0 Å². The van der Waals surface area contributed by atoms with Gasteiger partial charge in [0.25, 0.3) is 5.56 Å². The van der Waals surface area contributed by atoms with Gasteiger partial charge in [-0.05, 0) is 49.4 Å². The lowest BCUT2D eigenvalue weighted by molar-refractivity contribution is -0.117. The van der Waals surface area contributed by atoms with Gasteiger partial charge in [-0.1, -0.05) is 36.4 Å². The van der Waals surface area contributed by atoms with E-state index in [0.29, 0.717) is 22.5 Å². The lowest BCUT2D eigenvalue weighted by atomic mass is 10.1. The molecule has 0 fully saturated rings. The van der Waals surface area contributed by atoms with Gasteiger partial charge in [0, 0.05) is 11.1 Å². The Morgan fingerprint density at radius 2 is 1.47 bits per heavy atom. The highest BCUT2D eigenvalue weighted by Gasteiger charge is 2.11. The van der Waals surface area contributed by atoms with Crippen molar-refractivity contribution in [3.8, 4) is 0 Å². The van der Waals surface area contributed by atoms with Crippen molar-refractivity contribution in [3.05, 3.63) is 94.9 Å². The molecule has 148 valence electrons. The quantitative estimate of drug-likeness (QED) is 0.493. The topological polar surface area (TPSA) is 88.7 Å². The second kappa shape index (κ2) is 8.48. The first kappa shape index (κ1) is 19.2. The number of carbonyl (C=O) groups excluding carboxylic acids is 1. The highest BCUT2D eigenvalue weighted by molar-refractivity contribution is 5.91. The van der Waals surface area contributed by atoms with Crippen LogP contribution in [0, 0.1) is 6.92 Å². The molecule has 0 radical (unpaired) electrons. The molecule has 0 aliphatic rings. The molecule has 7 heteroatoms. The van der Waals surface area contributed by atoms with Crippen LogP contribution in [0.2, 0.25) is 0 Å². The number of anilines is 1. The monoisotopic (exact) mass is 397 g/mol. The highest BCUT2D eigenvalue weighted by atomic mass is 16.2. The van der Waals surface area contributed by atoms with Crippen molar-refractivity contribution in [2.24, 2.45) is 10.2 Å².